The molecule has 2 atom stereocenters. The van der Waals surface area contributed by atoms with Gasteiger partial charge in [-0.25, -0.2) is 0 Å². The second-order valence-corrected chi connectivity index (χ2v) is 2.72. The maximum atomic E-state index is 8.42. The Morgan fingerprint density at radius 3 is 1.20 bits per heavy atom. The lowest BCUT2D eigenvalue weighted by atomic mass is 10.3. The highest BCUT2D eigenvalue weighted by molar-refractivity contribution is 4.43. The van der Waals surface area contributed by atoms with Crippen LogP contribution in [0.4, 0.5) is 0 Å². The Labute approximate surface area is 90.4 Å². The van der Waals surface area contributed by atoms with Crippen molar-refractivity contribution in [1.29, 1.82) is 0 Å². The van der Waals surface area contributed by atoms with E-state index in [1.165, 1.54) is 6.92 Å². The zero-order valence-corrected chi connectivity index (χ0v) is 9.37. The van der Waals surface area contributed by atoms with Gasteiger partial charge in [-0.2, -0.15) is 0 Å². The average molecular weight is 228 g/mol. The van der Waals surface area contributed by atoms with Crippen LogP contribution >= 0.6 is 0 Å². The largest absolute Gasteiger partial charge is 0.394 e. The van der Waals surface area contributed by atoms with E-state index in [-0.39, 0.29) is 26.4 Å². The molecule has 0 bridgehead atoms. The molecular formula is C9H24O6. The number of aliphatic hydroxyl groups is 6. The van der Waals surface area contributed by atoms with Gasteiger partial charge >= 0.3 is 0 Å². The van der Waals surface area contributed by atoms with E-state index in [0.717, 1.165) is 0 Å². The van der Waals surface area contributed by atoms with E-state index in [1.807, 2.05) is 6.92 Å². The van der Waals surface area contributed by atoms with Crippen molar-refractivity contribution in [2.45, 2.75) is 32.5 Å². The molecule has 6 nitrogen and oxygen atoms in total. The highest BCUT2D eigenvalue weighted by atomic mass is 16.3. The van der Waals surface area contributed by atoms with Crippen molar-refractivity contribution in [2.75, 3.05) is 26.4 Å². The van der Waals surface area contributed by atoms with Gasteiger partial charge in [0.2, 0.25) is 0 Å². The number of hydrogen-bond acceptors (Lipinski definition) is 6. The first-order valence-corrected chi connectivity index (χ1v) is 4.79. The number of hydrogen-bond donors (Lipinski definition) is 6. The Kier molecular flexibility index (Phi) is 26.1. The van der Waals surface area contributed by atoms with E-state index in [4.69, 9.17) is 30.6 Å². The summed E-state index contributed by atoms with van der Waals surface area (Å²) in [7, 11) is 0. The van der Waals surface area contributed by atoms with Crippen LogP contribution in [0.1, 0.15) is 20.3 Å². The standard InChI is InChI=1S/C4H10O2.C3H8O2.C2H6O2/c1-2-4(6)3-5;1-3(5)2-4;3-1-2-4/h4-6H,2-3H2,1H3;3-5H,2H2,1H3;3-4H,1-2H2. The SMILES string of the molecule is CC(O)CO.CCC(O)CO.OCCO. The van der Waals surface area contributed by atoms with Gasteiger partial charge in [0.15, 0.2) is 0 Å². The van der Waals surface area contributed by atoms with Crippen molar-refractivity contribution < 1.29 is 30.6 Å². The molecule has 15 heavy (non-hydrogen) atoms. The summed E-state index contributed by atoms with van der Waals surface area (Å²) < 4.78 is 0. The van der Waals surface area contributed by atoms with Crippen LogP contribution in [0, 0.1) is 0 Å². The first-order chi connectivity index (χ1) is 6.99. The van der Waals surface area contributed by atoms with Crippen molar-refractivity contribution >= 4 is 0 Å². The topological polar surface area (TPSA) is 121 Å². The number of rotatable bonds is 4. The minimum Gasteiger partial charge on any atom is -0.394 e. The fourth-order valence-corrected chi connectivity index (χ4v) is 0.129. The Hall–Kier alpha value is -0.240. The third kappa shape index (κ3) is 41.6. The van der Waals surface area contributed by atoms with Gasteiger partial charge in [-0.1, -0.05) is 6.92 Å². The van der Waals surface area contributed by atoms with Gasteiger partial charge in [-0.05, 0) is 13.3 Å². The maximum absolute atomic E-state index is 8.42. The van der Waals surface area contributed by atoms with Crippen molar-refractivity contribution in [2.24, 2.45) is 0 Å². The van der Waals surface area contributed by atoms with Crippen LogP contribution < -0.4 is 0 Å². The minimum absolute atomic E-state index is 0.115. The summed E-state index contributed by atoms with van der Waals surface area (Å²) in [4.78, 5) is 0. The Morgan fingerprint density at radius 2 is 1.20 bits per heavy atom. The van der Waals surface area contributed by atoms with Crippen LogP contribution in [0.25, 0.3) is 0 Å². The van der Waals surface area contributed by atoms with Crippen LogP contribution in [0.3, 0.4) is 0 Å². The second kappa shape index (κ2) is 19.4. The summed E-state index contributed by atoms with van der Waals surface area (Å²) in [5.41, 5.74) is 0. The molecule has 0 aliphatic heterocycles. The average Bonchev–Trinajstić information content (AvgIpc) is 2.28. The van der Waals surface area contributed by atoms with Gasteiger partial charge in [0.25, 0.3) is 0 Å². The quantitative estimate of drug-likeness (QED) is 0.333. The summed E-state index contributed by atoms with van der Waals surface area (Å²) in [5, 5.41) is 47.8. The molecule has 0 radical (unpaired) electrons. The molecule has 0 fully saturated rings. The summed E-state index contributed by atoms with van der Waals surface area (Å²) in [6, 6.07) is 0. The molecule has 0 aromatic carbocycles. The molecular weight excluding hydrogens is 204 g/mol. The lowest BCUT2D eigenvalue weighted by Crippen LogP contribution is -2.08. The molecule has 0 amide bonds. The van der Waals surface area contributed by atoms with Crippen LogP contribution in [0.15, 0.2) is 0 Å². The lowest BCUT2D eigenvalue weighted by molar-refractivity contribution is 0.0923. The first-order valence-electron chi connectivity index (χ1n) is 4.79. The van der Waals surface area contributed by atoms with Gasteiger partial charge < -0.3 is 30.6 Å². The fourth-order valence-electron chi connectivity index (χ4n) is 0.129. The van der Waals surface area contributed by atoms with Gasteiger partial charge in [-0.15, -0.1) is 0 Å². The minimum atomic E-state index is -0.560. The second-order valence-electron chi connectivity index (χ2n) is 2.72. The van der Waals surface area contributed by atoms with Crippen molar-refractivity contribution in [3.05, 3.63) is 0 Å². The fraction of sp³-hybridized carbons (Fsp3) is 1.00. The van der Waals surface area contributed by atoms with Gasteiger partial charge in [-0.3, -0.25) is 0 Å². The van der Waals surface area contributed by atoms with Gasteiger partial charge in [0, 0.05) is 0 Å². The van der Waals surface area contributed by atoms with Crippen LogP contribution in [-0.4, -0.2) is 69.3 Å². The number of aliphatic hydroxyl groups excluding tert-OH is 6. The van der Waals surface area contributed by atoms with E-state index in [2.05, 4.69) is 0 Å². The predicted molar refractivity (Wildman–Crippen MR) is 56.3 cm³/mol. The summed E-state index contributed by atoms with van der Waals surface area (Å²) >= 11 is 0. The molecule has 96 valence electrons. The molecule has 6 N–H and O–H groups in total. The van der Waals surface area contributed by atoms with Gasteiger partial charge in [0.05, 0.1) is 38.6 Å². The molecule has 0 aromatic rings. The van der Waals surface area contributed by atoms with Crippen molar-refractivity contribution in [3.8, 4) is 0 Å². The van der Waals surface area contributed by atoms with E-state index in [0.29, 0.717) is 6.42 Å². The molecule has 6 heteroatoms. The van der Waals surface area contributed by atoms with E-state index < -0.39 is 12.2 Å². The highest BCUT2D eigenvalue weighted by Crippen LogP contribution is 1.83. The van der Waals surface area contributed by atoms with E-state index in [1.54, 1.807) is 0 Å². The van der Waals surface area contributed by atoms with Gasteiger partial charge in [0.1, 0.15) is 0 Å². The zero-order valence-electron chi connectivity index (χ0n) is 9.37. The summed E-state index contributed by atoms with van der Waals surface area (Å²) in [6.07, 6.45) is -0.434. The monoisotopic (exact) mass is 228 g/mol. The molecule has 0 aliphatic carbocycles. The first kappa shape index (κ1) is 20.2. The Balaban J connectivity index is -0.000000147. The van der Waals surface area contributed by atoms with Crippen LogP contribution in [0.5, 0.6) is 0 Å². The highest BCUT2D eigenvalue weighted by Gasteiger charge is 1.92. The Morgan fingerprint density at radius 1 is 0.867 bits per heavy atom. The Bertz CT molecular complexity index is 82.7. The molecule has 0 aromatic heterocycles. The molecule has 2 unspecified atom stereocenters. The normalized spacial score (nSPS) is 12.8. The molecule has 0 aliphatic rings. The van der Waals surface area contributed by atoms with Crippen LogP contribution in [0.2, 0.25) is 0 Å². The van der Waals surface area contributed by atoms with Crippen molar-refractivity contribution in [1.82, 2.24) is 0 Å². The predicted octanol–water partition coefficient (Wildman–Crippen LogP) is -1.92. The smallest absolute Gasteiger partial charge is 0.0768 e. The molecule has 0 spiro atoms. The van der Waals surface area contributed by atoms with Crippen molar-refractivity contribution in [3.63, 3.8) is 0 Å². The molecule has 0 heterocycles. The molecule has 0 saturated heterocycles. The van der Waals surface area contributed by atoms with Crippen LogP contribution in [-0.2, 0) is 0 Å². The maximum Gasteiger partial charge on any atom is 0.0768 e. The third-order valence-electron chi connectivity index (χ3n) is 1.05. The molecule has 0 saturated carbocycles. The van der Waals surface area contributed by atoms with E-state index in [9.17, 15) is 0 Å². The lowest BCUT2D eigenvalue weighted by Gasteiger charge is -1.97. The summed E-state index contributed by atoms with van der Waals surface area (Å²) in [6.45, 7) is 2.84. The molecule has 0 rings (SSSR count). The van der Waals surface area contributed by atoms with E-state index >= 15 is 0 Å². The zero-order chi connectivity index (χ0) is 12.7. The third-order valence-corrected chi connectivity index (χ3v) is 1.05. The summed E-state index contributed by atoms with van der Waals surface area (Å²) in [5.74, 6) is 0.